The molecule has 1 aromatic heterocycles. The van der Waals surface area contributed by atoms with Crippen molar-refractivity contribution in [3.05, 3.63) is 40.8 Å². The first kappa shape index (κ1) is 11.9. The molecule has 0 aliphatic rings. The van der Waals surface area contributed by atoms with Crippen molar-refractivity contribution in [2.45, 2.75) is 13.8 Å². The summed E-state index contributed by atoms with van der Waals surface area (Å²) in [5, 5.41) is 0.574. The lowest BCUT2D eigenvalue weighted by Crippen LogP contribution is -1.94. The molecule has 2 rings (SSSR count). The SMILES string of the molecule is COc1ccc(-c2cnc(C)c(C)n2)cc1Cl. The summed E-state index contributed by atoms with van der Waals surface area (Å²) in [5.74, 6) is 0.659. The molecule has 0 saturated carbocycles. The van der Waals surface area contributed by atoms with Crippen molar-refractivity contribution in [1.29, 1.82) is 0 Å². The molecule has 17 heavy (non-hydrogen) atoms. The van der Waals surface area contributed by atoms with Gasteiger partial charge in [0.05, 0.1) is 35.4 Å². The molecule has 0 aliphatic carbocycles. The molecule has 4 heteroatoms. The largest absolute Gasteiger partial charge is 0.495 e. The summed E-state index contributed by atoms with van der Waals surface area (Å²) in [7, 11) is 1.59. The van der Waals surface area contributed by atoms with Gasteiger partial charge in [0.25, 0.3) is 0 Å². The summed E-state index contributed by atoms with van der Waals surface area (Å²) in [5.41, 5.74) is 3.62. The number of hydrogen-bond acceptors (Lipinski definition) is 3. The Bertz CT molecular complexity index is 555. The highest BCUT2D eigenvalue weighted by Gasteiger charge is 2.06. The first-order valence-electron chi connectivity index (χ1n) is 5.26. The van der Waals surface area contributed by atoms with Gasteiger partial charge in [0.2, 0.25) is 0 Å². The second kappa shape index (κ2) is 4.72. The van der Waals surface area contributed by atoms with Crippen LogP contribution in [0.15, 0.2) is 24.4 Å². The van der Waals surface area contributed by atoms with Gasteiger partial charge in [-0.2, -0.15) is 0 Å². The van der Waals surface area contributed by atoms with Crippen LogP contribution < -0.4 is 4.74 Å². The van der Waals surface area contributed by atoms with E-state index in [1.165, 1.54) is 0 Å². The molecule has 1 aromatic carbocycles. The van der Waals surface area contributed by atoms with Gasteiger partial charge in [0, 0.05) is 5.56 Å². The van der Waals surface area contributed by atoms with Gasteiger partial charge in [-0.05, 0) is 32.0 Å². The molecule has 1 heterocycles. The molecule has 0 amide bonds. The number of aromatic nitrogens is 2. The first-order valence-corrected chi connectivity index (χ1v) is 5.64. The highest BCUT2D eigenvalue weighted by molar-refractivity contribution is 6.32. The maximum absolute atomic E-state index is 6.08. The molecule has 0 radical (unpaired) electrons. The van der Waals surface area contributed by atoms with E-state index >= 15 is 0 Å². The van der Waals surface area contributed by atoms with E-state index in [4.69, 9.17) is 16.3 Å². The number of nitrogens with zero attached hydrogens (tertiary/aromatic N) is 2. The molecule has 3 nitrogen and oxygen atoms in total. The van der Waals surface area contributed by atoms with Crippen LogP contribution in [0.4, 0.5) is 0 Å². The van der Waals surface area contributed by atoms with Crippen LogP contribution in [0.2, 0.25) is 5.02 Å². The third kappa shape index (κ3) is 2.39. The fourth-order valence-electron chi connectivity index (χ4n) is 1.51. The van der Waals surface area contributed by atoms with Crippen molar-refractivity contribution < 1.29 is 4.74 Å². The summed E-state index contributed by atoms with van der Waals surface area (Å²) in [4.78, 5) is 8.77. The minimum atomic E-state index is 0.574. The molecule has 0 aliphatic heterocycles. The second-order valence-electron chi connectivity index (χ2n) is 3.78. The average Bonchev–Trinajstić information content (AvgIpc) is 2.32. The van der Waals surface area contributed by atoms with Crippen LogP contribution in [-0.4, -0.2) is 17.1 Å². The van der Waals surface area contributed by atoms with E-state index in [1.54, 1.807) is 13.3 Å². The standard InChI is InChI=1S/C13H13ClN2O/c1-8-9(2)16-12(7-15-8)10-4-5-13(17-3)11(14)6-10/h4-7H,1-3H3. The Kier molecular flexibility index (Phi) is 3.29. The molecule has 88 valence electrons. The average molecular weight is 249 g/mol. The van der Waals surface area contributed by atoms with Crippen molar-refractivity contribution in [3.63, 3.8) is 0 Å². The van der Waals surface area contributed by atoms with Crippen molar-refractivity contribution in [3.8, 4) is 17.0 Å². The van der Waals surface area contributed by atoms with Gasteiger partial charge in [-0.25, -0.2) is 4.98 Å². The molecular formula is C13H13ClN2O. The van der Waals surface area contributed by atoms with Crippen LogP contribution in [0, 0.1) is 13.8 Å². The van der Waals surface area contributed by atoms with Crippen molar-refractivity contribution in [2.24, 2.45) is 0 Å². The van der Waals surface area contributed by atoms with Gasteiger partial charge in [0.1, 0.15) is 5.75 Å². The van der Waals surface area contributed by atoms with Crippen molar-refractivity contribution in [2.75, 3.05) is 7.11 Å². The molecule has 0 fully saturated rings. The lowest BCUT2D eigenvalue weighted by Gasteiger charge is -2.07. The van der Waals surface area contributed by atoms with Crippen LogP contribution in [0.25, 0.3) is 11.3 Å². The normalized spacial score (nSPS) is 10.4. The van der Waals surface area contributed by atoms with Gasteiger partial charge in [-0.3, -0.25) is 4.98 Å². The van der Waals surface area contributed by atoms with E-state index in [9.17, 15) is 0 Å². The van der Waals surface area contributed by atoms with Gasteiger partial charge < -0.3 is 4.74 Å². The number of benzene rings is 1. The summed E-state index contributed by atoms with van der Waals surface area (Å²) in [6.45, 7) is 3.88. The summed E-state index contributed by atoms with van der Waals surface area (Å²) in [6, 6.07) is 5.58. The molecule has 0 N–H and O–H groups in total. The minimum absolute atomic E-state index is 0.574. The Morgan fingerprint density at radius 2 is 1.94 bits per heavy atom. The highest BCUT2D eigenvalue weighted by Crippen LogP contribution is 2.29. The van der Waals surface area contributed by atoms with E-state index < -0.39 is 0 Å². The van der Waals surface area contributed by atoms with Gasteiger partial charge in [-0.1, -0.05) is 11.6 Å². The number of halogens is 1. The number of methoxy groups -OCH3 is 1. The quantitative estimate of drug-likeness (QED) is 0.817. The smallest absolute Gasteiger partial charge is 0.137 e. The predicted molar refractivity (Wildman–Crippen MR) is 68.5 cm³/mol. The topological polar surface area (TPSA) is 35.0 Å². The van der Waals surface area contributed by atoms with Crippen molar-refractivity contribution >= 4 is 11.6 Å². The predicted octanol–water partition coefficient (Wildman–Crippen LogP) is 3.42. The zero-order valence-electron chi connectivity index (χ0n) is 9.99. The second-order valence-corrected chi connectivity index (χ2v) is 4.18. The Balaban J connectivity index is 2.46. The number of rotatable bonds is 2. The summed E-state index contributed by atoms with van der Waals surface area (Å²) < 4.78 is 5.11. The first-order chi connectivity index (χ1) is 8.11. The molecule has 0 spiro atoms. The lowest BCUT2D eigenvalue weighted by atomic mass is 10.1. The Labute approximate surface area is 105 Å². The maximum atomic E-state index is 6.08. The number of hydrogen-bond donors (Lipinski definition) is 0. The van der Waals surface area contributed by atoms with Gasteiger partial charge >= 0.3 is 0 Å². The lowest BCUT2D eigenvalue weighted by molar-refractivity contribution is 0.415. The summed E-state index contributed by atoms with van der Waals surface area (Å²) >= 11 is 6.08. The number of aryl methyl sites for hydroxylation is 2. The minimum Gasteiger partial charge on any atom is -0.495 e. The monoisotopic (exact) mass is 248 g/mol. The van der Waals surface area contributed by atoms with Crippen LogP contribution in [0.5, 0.6) is 5.75 Å². The molecule has 0 unspecified atom stereocenters. The van der Waals surface area contributed by atoms with Crippen LogP contribution in [0.1, 0.15) is 11.4 Å². The van der Waals surface area contributed by atoms with E-state index in [0.717, 1.165) is 22.6 Å². The van der Waals surface area contributed by atoms with Crippen LogP contribution in [-0.2, 0) is 0 Å². The van der Waals surface area contributed by atoms with E-state index in [-0.39, 0.29) is 0 Å². The third-order valence-corrected chi connectivity index (χ3v) is 2.94. The molecular weight excluding hydrogens is 236 g/mol. The zero-order chi connectivity index (χ0) is 12.4. The maximum Gasteiger partial charge on any atom is 0.137 e. The Morgan fingerprint density at radius 1 is 1.18 bits per heavy atom. The number of ether oxygens (including phenoxy) is 1. The fraction of sp³-hybridized carbons (Fsp3) is 0.231. The third-order valence-electron chi connectivity index (χ3n) is 2.64. The molecule has 0 bridgehead atoms. The van der Waals surface area contributed by atoms with Crippen LogP contribution >= 0.6 is 11.6 Å². The van der Waals surface area contributed by atoms with E-state index in [0.29, 0.717) is 10.8 Å². The Morgan fingerprint density at radius 3 is 2.53 bits per heavy atom. The van der Waals surface area contributed by atoms with E-state index in [1.807, 2.05) is 32.0 Å². The molecule has 0 saturated heterocycles. The summed E-state index contributed by atoms with van der Waals surface area (Å²) in [6.07, 6.45) is 1.75. The molecule has 0 atom stereocenters. The molecule has 2 aromatic rings. The van der Waals surface area contributed by atoms with Crippen LogP contribution in [0.3, 0.4) is 0 Å². The zero-order valence-corrected chi connectivity index (χ0v) is 10.7. The Hall–Kier alpha value is -1.61. The fourth-order valence-corrected chi connectivity index (χ4v) is 1.76. The van der Waals surface area contributed by atoms with Gasteiger partial charge in [0.15, 0.2) is 0 Å². The van der Waals surface area contributed by atoms with Gasteiger partial charge in [-0.15, -0.1) is 0 Å². The van der Waals surface area contributed by atoms with Crippen molar-refractivity contribution in [1.82, 2.24) is 9.97 Å². The highest BCUT2D eigenvalue weighted by atomic mass is 35.5. The van der Waals surface area contributed by atoms with E-state index in [2.05, 4.69) is 9.97 Å².